The number of anilines is 2. The van der Waals surface area contributed by atoms with Gasteiger partial charge in [0.1, 0.15) is 0 Å². The van der Waals surface area contributed by atoms with Gasteiger partial charge >= 0.3 is 0 Å². The number of nitrogens with one attached hydrogen (secondary N) is 1. The highest BCUT2D eigenvalue weighted by Crippen LogP contribution is 2.15. The SMILES string of the molecule is Cc1ccc(CNC(=O)c2ccc(N3CCN(c4ncccn4)CC3)nn2)cc1. The summed E-state index contributed by atoms with van der Waals surface area (Å²) in [6, 6.07) is 13.4. The molecule has 0 radical (unpaired) electrons. The summed E-state index contributed by atoms with van der Waals surface area (Å²) in [5, 5.41) is 11.3. The molecule has 0 aliphatic carbocycles. The van der Waals surface area contributed by atoms with Crippen LogP contribution in [0.1, 0.15) is 21.6 Å². The Morgan fingerprint density at radius 1 is 0.931 bits per heavy atom. The number of carbonyl (C=O) groups excluding carboxylic acids is 1. The molecule has 1 aromatic carbocycles. The Morgan fingerprint density at radius 2 is 1.62 bits per heavy atom. The van der Waals surface area contributed by atoms with E-state index < -0.39 is 0 Å². The van der Waals surface area contributed by atoms with E-state index in [0.717, 1.165) is 43.5 Å². The van der Waals surface area contributed by atoms with E-state index >= 15 is 0 Å². The standard InChI is InChI=1S/C21H23N7O/c1-16-3-5-17(6-4-16)15-24-20(29)18-7-8-19(26-25-18)27-11-13-28(14-12-27)21-22-9-2-10-23-21/h2-10H,11-15H2,1H3,(H,24,29). The van der Waals surface area contributed by atoms with Crippen molar-refractivity contribution in [3.63, 3.8) is 0 Å². The third kappa shape index (κ3) is 4.66. The third-order valence-electron chi connectivity index (χ3n) is 4.90. The second-order valence-electron chi connectivity index (χ2n) is 6.97. The third-order valence-corrected chi connectivity index (χ3v) is 4.90. The normalized spacial score (nSPS) is 14.0. The van der Waals surface area contributed by atoms with Crippen molar-refractivity contribution in [2.75, 3.05) is 36.0 Å². The quantitative estimate of drug-likeness (QED) is 0.712. The topological polar surface area (TPSA) is 87.1 Å². The highest BCUT2D eigenvalue weighted by atomic mass is 16.1. The number of hydrogen-bond acceptors (Lipinski definition) is 7. The van der Waals surface area contributed by atoms with Crippen LogP contribution in [-0.2, 0) is 6.54 Å². The van der Waals surface area contributed by atoms with Gasteiger partial charge in [0.05, 0.1) is 0 Å². The molecule has 1 saturated heterocycles. The van der Waals surface area contributed by atoms with Crippen molar-refractivity contribution in [1.82, 2.24) is 25.5 Å². The molecule has 1 aliphatic heterocycles. The number of benzene rings is 1. The minimum Gasteiger partial charge on any atom is -0.352 e. The van der Waals surface area contributed by atoms with Gasteiger partial charge in [-0.3, -0.25) is 4.79 Å². The van der Waals surface area contributed by atoms with Gasteiger partial charge in [0.2, 0.25) is 5.95 Å². The molecule has 1 aliphatic rings. The first-order valence-electron chi connectivity index (χ1n) is 9.63. The molecule has 3 heterocycles. The maximum absolute atomic E-state index is 12.3. The molecule has 0 bridgehead atoms. The first-order chi connectivity index (χ1) is 14.2. The van der Waals surface area contributed by atoms with Crippen LogP contribution in [0, 0.1) is 6.92 Å². The molecule has 8 nitrogen and oxygen atoms in total. The van der Waals surface area contributed by atoms with Gasteiger partial charge in [0.25, 0.3) is 5.91 Å². The van der Waals surface area contributed by atoms with Crippen LogP contribution in [0.25, 0.3) is 0 Å². The monoisotopic (exact) mass is 389 g/mol. The molecule has 1 amide bonds. The Balaban J connectivity index is 1.31. The van der Waals surface area contributed by atoms with Crippen LogP contribution in [0.3, 0.4) is 0 Å². The summed E-state index contributed by atoms with van der Waals surface area (Å²) in [5.41, 5.74) is 2.56. The molecule has 0 atom stereocenters. The summed E-state index contributed by atoms with van der Waals surface area (Å²) in [4.78, 5) is 25.2. The summed E-state index contributed by atoms with van der Waals surface area (Å²) >= 11 is 0. The molecule has 8 heteroatoms. The van der Waals surface area contributed by atoms with Gasteiger partial charge < -0.3 is 15.1 Å². The van der Waals surface area contributed by atoms with Crippen LogP contribution >= 0.6 is 0 Å². The van der Waals surface area contributed by atoms with E-state index in [1.807, 2.05) is 43.3 Å². The summed E-state index contributed by atoms with van der Waals surface area (Å²) < 4.78 is 0. The van der Waals surface area contributed by atoms with E-state index in [0.29, 0.717) is 12.2 Å². The molecule has 0 unspecified atom stereocenters. The van der Waals surface area contributed by atoms with Crippen LogP contribution in [0.4, 0.5) is 11.8 Å². The second-order valence-corrected chi connectivity index (χ2v) is 6.97. The molecule has 3 aromatic rings. The summed E-state index contributed by atoms with van der Waals surface area (Å²) in [7, 11) is 0. The van der Waals surface area contributed by atoms with Crippen molar-refractivity contribution in [3.05, 3.63) is 71.7 Å². The van der Waals surface area contributed by atoms with Gasteiger partial charge in [-0.1, -0.05) is 29.8 Å². The van der Waals surface area contributed by atoms with Crippen molar-refractivity contribution < 1.29 is 4.79 Å². The number of carbonyl (C=O) groups is 1. The molecule has 29 heavy (non-hydrogen) atoms. The van der Waals surface area contributed by atoms with Gasteiger partial charge in [-0.15, -0.1) is 10.2 Å². The molecule has 148 valence electrons. The Hall–Kier alpha value is -3.55. The van der Waals surface area contributed by atoms with Crippen molar-refractivity contribution in [2.24, 2.45) is 0 Å². The average Bonchev–Trinajstić information content (AvgIpc) is 2.79. The lowest BCUT2D eigenvalue weighted by Crippen LogP contribution is -2.47. The first kappa shape index (κ1) is 18.8. The number of rotatable bonds is 5. The fraction of sp³-hybridized carbons (Fsp3) is 0.286. The van der Waals surface area contributed by atoms with E-state index in [2.05, 4.69) is 35.3 Å². The maximum Gasteiger partial charge on any atom is 0.272 e. The van der Waals surface area contributed by atoms with Crippen LogP contribution in [0.15, 0.2) is 54.9 Å². The number of nitrogens with zero attached hydrogens (tertiary/aromatic N) is 6. The van der Waals surface area contributed by atoms with E-state index in [9.17, 15) is 4.79 Å². The zero-order valence-corrected chi connectivity index (χ0v) is 16.3. The Labute approximate surface area is 169 Å². The predicted molar refractivity (Wildman–Crippen MR) is 111 cm³/mol. The molecule has 1 N–H and O–H groups in total. The molecular weight excluding hydrogens is 366 g/mol. The molecule has 4 rings (SSSR count). The Morgan fingerprint density at radius 3 is 2.28 bits per heavy atom. The van der Waals surface area contributed by atoms with E-state index in [-0.39, 0.29) is 5.91 Å². The number of aryl methyl sites for hydroxylation is 1. The van der Waals surface area contributed by atoms with Crippen molar-refractivity contribution in [2.45, 2.75) is 13.5 Å². The number of hydrogen-bond donors (Lipinski definition) is 1. The Kier molecular flexibility index (Phi) is 5.60. The lowest BCUT2D eigenvalue weighted by Gasteiger charge is -2.35. The average molecular weight is 389 g/mol. The first-order valence-corrected chi connectivity index (χ1v) is 9.63. The fourth-order valence-corrected chi connectivity index (χ4v) is 3.18. The molecular formula is C21H23N7O. The molecule has 1 fully saturated rings. The maximum atomic E-state index is 12.3. The van der Waals surface area contributed by atoms with Crippen molar-refractivity contribution in [3.8, 4) is 0 Å². The summed E-state index contributed by atoms with van der Waals surface area (Å²) in [6.07, 6.45) is 3.51. The summed E-state index contributed by atoms with van der Waals surface area (Å²) in [5.74, 6) is 1.29. The van der Waals surface area contributed by atoms with Crippen molar-refractivity contribution in [1.29, 1.82) is 0 Å². The van der Waals surface area contributed by atoms with E-state index in [1.165, 1.54) is 5.56 Å². The molecule has 0 saturated carbocycles. The minimum atomic E-state index is -0.226. The Bertz CT molecular complexity index is 937. The van der Waals surface area contributed by atoms with E-state index in [4.69, 9.17) is 0 Å². The number of piperazine rings is 1. The van der Waals surface area contributed by atoms with E-state index in [1.54, 1.807) is 18.5 Å². The van der Waals surface area contributed by atoms with Crippen LogP contribution < -0.4 is 15.1 Å². The highest BCUT2D eigenvalue weighted by molar-refractivity contribution is 5.92. The number of aromatic nitrogens is 4. The van der Waals surface area contributed by atoms with Crippen LogP contribution in [-0.4, -0.2) is 52.3 Å². The van der Waals surface area contributed by atoms with Crippen LogP contribution in [0.5, 0.6) is 0 Å². The van der Waals surface area contributed by atoms with Gasteiger partial charge in [0, 0.05) is 45.1 Å². The zero-order chi connectivity index (χ0) is 20.1. The fourth-order valence-electron chi connectivity index (χ4n) is 3.18. The van der Waals surface area contributed by atoms with Crippen molar-refractivity contribution >= 4 is 17.7 Å². The second kappa shape index (κ2) is 8.64. The predicted octanol–water partition coefficient (Wildman–Crippen LogP) is 1.83. The smallest absolute Gasteiger partial charge is 0.272 e. The van der Waals surface area contributed by atoms with Gasteiger partial charge in [0.15, 0.2) is 11.5 Å². The molecule has 2 aromatic heterocycles. The van der Waals surface area contributed by atoms with Gasteiger partial charge in [-0.2, -0.15) is 0 Å². The number of amides is 1. The summed E-state index contributed by atoms with van der Waals surface area (Å²) in [6.45, 7) is 5.72. The van der Waals surface area contributed by atoms with Gasteiger partial charge in [-0.25, -0.2) is 9.97 Å². The lowest BCUT2D eigenvalue weighted by molar-refractivity contribution is 0.0945. The van der Waals surface area contributed by atoms with Gasteiger partial charge in [-0.05, 0) is 30.7 Å². The van der Waals surface area contributed by atoms with Crippen LogP contribution in [0.2, 0.25) is 0 Å². The lowest BCUT2D eigenvalue weighted by atomic mass is 10.1. The largest absolute Gasteiger partial charge is 0.352 e. The molecule has 0 spiro atoms. The highest BCUT2D eigenvalue weighted by Gasteiger charge is 2.20. The minimum absolute atomic E-state index is 0.226. The zero-order valence-electron chi connectivity index (χ0n) is 16.3.